The average molecular weight is 315 g/mol. The van der Waals surface area contributed by atoms with Gasteiger partial charge in [-0.3, -0.25) is 4.79 Å². The van der Waals surface area contributed by atoms with Crippen LogP contribution in [-0.2, 0) is 13.1 Å². The number of rotatable bonds is 6. The topological polar surface area (TPSA) is 20.3 Å². The van der Waals surface area contributed by atoms with Crippen LogP contribution in [0.4, 0.5) is 5.69 Å². The highest BCUT2D eigenvalue weighted by Crippen LogP contribution is 2.24. The van der Waals surface area contributed by atoms with Crippen LogP contribution in [0.5, 0.6) is 0 Å². The van der Waals surface area contributed by atoms with Crippen molar-refractivity contribution in [3.63, 3.8) is 0 Å². The van der Waals surface area contributed by atoms with Gasteiger partial charge in [0.1, 0.15) is 0 Å². The lowest BCUT2D eigenvalue weighted by atomic mass is 10.1. The Morgan fingerprint density at radius 2 is 1.33 bits per heavy atom. The minimum Gasteiger partial charge on any atom is -0.362 e. The van der Waals surface area contributed by atoms with E-state index in [0.29, 0.717) is 0 Å². The molecule has 3 aromatic rings. The fraction of sp³-hybridized carbons (Fsp3) is 0.136. The van der Waals surface area contributed by atoms with E-state index >= 15 is 0 Å². The Bertz CT molecular complexity index is 755. The van der Waals surface area contributed by atoms with Gasteiger partial charge in [0, 0.05) is 24.3 Å². The zero-order valence-electron chi connectivity index (χ0n) is 13.9. The largest absolute Gasteiger partial charge is 0.362 e. The molecule has 0 amide bonds. The molecule has 120 valence electrons. The number of carbonyl (C=O) groups is 1. The fourth-order valence-corrected chi connectivity index (χ4v) is 2.89. The smallest absolute Gasteiger partial charge is 0.152 e. The molecule has 3 rings (SSSR count). The molecule has 3 aromatic carbocycles. The summed E-state index contributed by atoms with van der Waals surface area (Å²) >= 11 is 0. The predicted octanol–water partition coefficient (Wildman–Crippen LogP) is 5.01. The van der Waals surface area contributed by atoms with Crippen LogP contribution < -0.4 is 4.90 Å². The van der Waals surface area contributed by atoms with E-state index in [1.54, 1.807) is 0 Å². The third-order valence-electron chi connectivity index (χ3n) is 4.08. The Morgan fingerprint density at radius 1 is 0.792 bits per heavy atom. The van der Waals surface area contributed by atoms with Crippen molar-refractivity contribution in [1.29, 1.82) is 0 Å². The normalized spacial score (nSPS) is 10.4. The molecule has 0 heterocycles. The summed E-state index contributed by atoms with van der Waals surface area (Å²) in [5.41, 5.74) is 5.27. The van der Waals surface area contributed by atoms with Crippen LogP contribution in [0, 0.1) is 6.92 Å². The van der Waals surface area contributed by atoms with Crippen molar-refractivity contribution in [1.82, 2.24) is 0 Å². The van der Waals surface area contributed by atoms with Gasteiger partial charge in [0.15, 0.2) is 6.29 Å². The number of nitrogens with zero attached hydrogens (tertiary/aromatic N) is 1. The van der Waals surface area contributed by atoms with Gasteiger partial charge in [-0.25, -0.2) is 0 Å². The van der Waals surface area contributed by atoms with E-state index in [1.165, 1.54) is 11.1 Å². The lowest BCUT2D eigenvalue weighted by Gasteiger charge is -2.27. The first-order valence-electron chi connectivity index (χ1n) is 8.15. The van der Waals surface area contributed by atoms with Gasteiger partial charge in [-0.15, -0.1) is 0 Å². The Morgan fingerprint density at radius 3 is 1.83 bits per heavy atom. The van der Waals surface area contributed by atoms with E-state index in [1.807, 2.05) is 55.5 Å². The summed E-state index contributed by atoms with van der Waals surface area (Å²) in [5, 5.41) is 0. The summed E-state index contributed by atoms with van der Waals surface area (Å²) in [6, 6.07) is 26.8. The zero-order valence-corrected chi connectivity index (χ0v) is 13.9. The van der Waals surface area contributed by atoms with Crippen molar-refractivity contribution in [2.24, 2.45) is 0 Å². The molecule has 2 heteroatoms. The van der Waals surface area contributed by atoms with Gasteiger partial charge in [-0.2, -0.15) is 0 Å². The standard InChI is InChI=1S/C22H21NO/c1-18-12-13-22(21(14-18)17-24)23(15-19-8-4-2-5-9-19)16-20-10-6-3-7-11-20/h2-14,17H,15-16H2,1H3. The Hall–Kier alpha value is -2.87. The Balaban J connectivity index is 1.96. The quantitative estimate of drug-likeness (QED) is 0.596. The molecule has 0 aliphatic rings. The SMILES string of the molecule is Cc1ccc(N(Cc2ccccc2)Cc2ccccc2)c(C=O)c1. The van der Waals surface area contributed by atoms with Gasteiger partial charge >= 0.3 is 0 Å². The van der Waals surface area contributed by atoms with Crippen molar-refractivity contribution in [2.45, 2.75) is 20.0 Å². The number of benzene rings is 3. The molecular weight excluding hydrogens is 294 g/mol. The molecule has 0 aliphatic heterocycles. The van der Waals surface area contributed by atoms with Gasteiger partial charge in [0.25, 0.3) is 0 Å². The fourth-order valence-electron chi connectivity index (χ4n) is 2.89. The highest BCUT2D eigenvalue weighted by molar-refractivity contribution is 5.85. The van der Waals surface area contributed by atoms with Crippen molar-refractivity contribution < 1.29 is 4.79 Å². The summed E-state index contributed by atoms with van der Waals surface area (Å²) < 4.78 is 0. The van der Waals surface area contributed by atoms with Crippen molar-refractivity contribution in [2.75, 3.05) is 4.90 Å². The van der Waals surface area contributed by atoms with Crippen LogP contribution in [0.25, 0.3) is 0 Å². The maximum absolute atomic E-state index is 11.6. The van der Waals surface area contributed by atoms with Crippen LogP contribution in [-0.4, -0.2) is 6.29 Å². The molecule has 0 aliphatic carbocycles. The highest BCUT2D eigenvalue weighted by atomic mass is 16.1. The number of hydrogen-bond donors (Lipinski definition) is 0. The van der Waals surface area contributed by atoms with E-state index in [2.05, 4.69) is 35.2 Å². The lowest BCUT2D eigenvalue weighted by molar-refractivity contribution is 0.112. The van der Waals surface area contributed by atoms with Crippen LogP contribution >= 0.6 is 0 Å². The number of hydrogen-bond acceptors (Lipinski definition) is 2. The number of anilines is 1. The van der Waals surface area contributed by atoms with Gasteiger partial charge in [-0.05, 0) is 30.2 Å². The zero-order chi connectivity index (χ0) is 16.8. The van der Waals surface area contributed by atoms with Gasteiger partial charge in [0.05, 0.1) is 0 Å². The van der Waals surface area contributed by atoms with E-state index in [4.69, 9.17) is 0 Å². The second kappa shape index (κ2) is 7.60. The number of aryl methyl sites for hydroxylation is 1. The summed E-state index contributed by atoms with van der Waals surface area (Å²) in [6.45, 7) is 3.54. The van der Waals surface area contributed by atoms with Crippen LogP contribution in [0.15, 0.2) is 78.9 Å². The molecule has 0 fully saturated rings. The summed E-state index contributed by atoms with van der Waals surface area (Å²) in [4.78, 5) is 13.8. The summed E-state index contributed by atoms with van der Waals surface area (Å²) in [5.74, 6) is 0. The first-order valence-corrected chi connectivity index (χ1v) is 8.15. The molecule has 0 unspecified atom stereocenters. The van der Waals surface area contributed by atoms with Crippen LogP contribution in [0.2, 0.25) is 0 Å². The van der Waals surface area contributed by atoms with E-state index in [0.717, 1.165) is 36.2 Å². The lowest BCUT2D eigenvalue weighted by Crippen LogP contribution is -2.23. The maximum atomic E-state index is 11.6. The van der Waals surface area contributed by atoms with E-state index in [9.17, 15) is 4.79 Å². The maximum Gasteiger partial charge on any atom is 0.152 e. The Kier molecular flexibility index (Phi) is 5.07. The molecule has 0 spiro atoms. The van der Waals surface area contributed by atoms with Gasteiger partial charge in [-0.1, -0.05) is 72.3 Å². The second-order valence-electron chi connectivity index (χ2n) is 6.01. The third kappa shape index (κ3) is 3.90. The summed E-state index contributed by atoms with van der Waals surface area (Å²) in [7, 11) is 0. The molecule has 0 saturated carbocycles. The molecule has 0 radical (unpaired) electrons. The van der Waals surface area contributed by atoms with E-state index < -0.39 is 0 Å². The molecule has 0 atom stereocenters. The predicted molar refractivity (Wildman–Crippen MR) is 99.3 cm³/mol. The average Bonchev–Trinajstić information content (AvgIpc) is 2.63. The molecule has 0 bridgehead atoms. The molecule has 0 saturated heterocycles. The van der Waals surface area contributed by atoms with Crippen LogP contribution in [0.3, 0.4) is 0 Å². The van der Waals surface area contributed by atoms with Crippen molar-refractivity contribution >= 4 is 12.0 Å². The number of aldehydes is 1. The highest BCUT2D eigenvalue weighted by Gasteiger charge is 2.12. The molecule has 0 N–H and O–H groups in total. The van der Waals surface area contributed by atoms with Crippen molar-refractivity contribution in [3.8, 4) is 0 Å². The van der Waals surface area contributed by atoms with Crippen LogP contribution in [0.1, 0.15) is 27.0 Å². The number of carbonyl (C=O) groups excluding carboxylic acids is 1. The van der Waals surface area contributed by atoms with E-state index in [-0.39, 0.29) is 0 Å². The molecule has 2 nitrogen and oxygen atoms in total. The van der Waals surface area contributed by atoms with Gasteiger partial charge < -0.3 is 4.90 Å². The van der Waals surface area contributed by atoms with Crippen molar-refractivity contribution in [3.05, 3.63) is 101 Å². The first-order chi connectivity index (χ1) is 11.8. The summed E-state index contributed by atoms with van der Waals surface area (Å²) in [6.07, 6.45) is 0.950. The molecule has 24 heavy (non-hydrogen) atoms. The monoisotopic (exact) mass is 315 g/mol. The first kappa shape index (κ1) is 16.0. The second-order valence-corrected chi connectivity index (χ2v) is 6.01. The minimum absolute atomic E-state index is 0.738. The molecular formula is C22H21NO. The Labute approximate surface area is 143 Å². The molecule has 0 aromatic heterocycles. The van der Waals surface area contributed by atoms with Gasteiger partial charge in [0.2, 0.25) is 0 Å². The third-order valence-corrected chi connectivity index (χ3v) is 4.08. The minimum atomic E-state index is 0.738.